The maximum atomic E-state index is 12.1. The third-order valence-corrected chi connectivity index (χ3v) is 3.99. The van der Waals surface area contributed by atoms with Gasteiger partial charge in [0.15, 0.2) is 0 Å². The van der Waals surface area contributed by atoms with Gasteiger partial charge in [-0.05, 0) is 43.0 Å². The fourth-order valence-corrected chi connectivity index (χ4v) is 2.69. The molecular weight excluding hydrogens is 298 g/mol. The molecule has 0 saturated heterocycles. The third kappa shape index (κ3) is 3.23. The molecule has 0 fully saturated rings. The summed E-state index contributed by atoms with van der Waals surface area (Å²) in [6, 6.07) is 7.58. The highest BCUT2D eigenvalue weighted by atomic mass is 32.1. The fraction of sp³-hybridized carbons (Fsp3) is 0.188. The van der Waals surface area contributed by atoms with E-state index in [9.17, 15) is 4.79 Å². The standard InChI is InChI=1S/C16H15N3O2S/c1-10-5-6-17-14(8-10)19-15(20)9-12-11(2)21-16(18-12)13-4-3-7-22-13/h3-8H,9H2,1-2H3,(H,17,19,20). The highest BCUT2D eigenvalue weighted by Gasteiger charge is 2.15. The highest BCUT2D eigenvalue weighted by molar-refractivity contribution is 7.13. The molecule has 112 valence electrons. The maximum Gasteiger partial charge on any atom is 0.236 e. The van der Waals surface area contributed by atoms with Crippen molar-refractivity contribution in [3.05, 3.63) is 52.9 Å². The summed E-state index contributed by atoms with van der Waals surface area (Å²) < 4.78 is 5.63. The summed E-state index contributed by atoms with van der Waals surface area (Å²) in [5.74, 6) is 1.61. The summed E-state index contributed by atoms with van der Waals surface area (Å²) in [7, 11) is 0. The van der Waals surface area contributed by atoms with Crippen LogP contribution in [-0.2, 0) is 11.2 Å². The SMILES string of the molecule is Cc1ccnc(NC(=O)Cc2nc(-c3cccs3)oc2C)c1. The first kappa shape index (κ1) is 14.5. The average molecular weight is 313 g/mol. The second-order valence-corrected chi connectivity index (χ2v) is 5.89. The fourth-order valence-electron chi connectivity index (χ4n) is 2.04. The predicted octanol–water partition coefficient (Wildman–Crippen LogP) is 3.60. The minimum absolute atomic E-state index is 0.160. The molecule has 0 aliphatic heterocycles. The van der Waals surface area contributed by atoms with E-state index in [0.29, 0.717) is 23.2 Å². The molecule has 3 aromatic rings. The van der Waals surface area contributed by atoms with Crippen LogP contribution < -0.4 is 5.32 Å². The summed E-state index contributed by atoms with van der Waals surface area (Å²) in [4.78, 5) is 21.6. The molecule has 0 atom stereocenters. The van der Waals surface area contributed by atoms with Crippen LogP contribution in [0.4, 0.5) is 5.82 Å². The minimum atomic E-state index is -0.160. The lowest BCUT2D eigenvalue weighted by Gasteiger charge is -2.03. The summed E-state index contributed by atoms with van der Waals surface area (Å²) in [6.45, 7) is 3.77. The van der Waals surface area contributed by atoms with Gasteiger partial charge in [-0.15, -0.1) is 11.3 Å². The van der Waals surface area contributed by atoms with Gasteiger partial charge in [0.05, 0.1) is 17.0 Å². The minimum Gasteiger partial charge on any atom is -0.440 e. The van der Waals surface area contributed by atoms with E-state index in [0.717, 1.165) is 10.4 Å². The number of nitrogens with zero attached hydrogens (tertiary/aromatic N) is 2. The van der Waals surface area contributed by atoms with Crippen molar-refractivity contribution in [2.75, 3.05) is 5.32 Å². The van der Waals surface area contributed by atoms with Crippen LogP contribution in [0.1, 0.15) is 17.0 Å². The highest BCUT2D eigenvalue weighted by Crippen LogP contribution is 2.26. The first-order valence-corrected chi connectivity index (χ1v) is 7.72. The Morgan fingerprint density at radius 3 is 2.95 bits per heavy atom. The molecule has 1 N–H and O–H groups in total. The van der Waals surface area contributed by atoms with Gasteiger partial charge in [0.1, 0.15) is 11.6 Å². The Morgan fingerprint density at radius 1 is 1.36 bits per heavy atom. The maximum absolute atomic E-state index is 12.1. The number of amides is 1. The Bertz CT molecular complexity index is 794. The van der Waals surface area contributed by atoms with Crippen molar-refractivity contribution >= 4 is 23.1 Å². The summed E-state index contributed by atoms with van der Waals surface area (Å²) in [6.07, 6.45) is 1.83. The van der Waals surface area contributed by atoms with Gasteiger partial charge in [-0.25, -0.2) is 9.97 Å². The Hall–Kier alpha value is -2.47. The number of rotatable bonds is 4. The summed E-state index contributed by atoms with van der Waals surface area (Å²) in [5.41, 5.74) is 1.69. The van der Waals surface area contributed by atoms with Crippen molar-refractivity contribution < 1.29 is 9.21 Å². The van der Waals surface area contributed by atoms with Gasteiger partial charge in [-0.1, -0.05) is 6.07 Å². The molecule has 5 nitrogen and oxygen atoms in total. The number of carbonyl (C=O) groups is 1. The van der Waals surface area contributed by atoms with Crippen LogP contribution in [0.3, 0.4) is 0 Å². The van der Waals surface area contributed by atoms with Crippen molar-refractivity contribution in [1.29, 1.82) is 0 Å². The van der Waals surface area contributed by atoms with Crippen LogP contribution >= 0.6 is 11.3 Å². The quantitative estimate of drug-likeness (QED) is 0.799. The van der Waals surface area contributed by atoms with E-state index in [2.05, 4.69) is 15.3 Å². The van der Waals surface area contributed by atoms with Gasteiger partial charge >= 0.3 is 0 Å². The Kier molecular flexibility index (Phi) is 4.02. The van der Waals surface area contributed by atoms with E-state index >= 15 is 0 Å². The topological polar surface area (TPSA) is 68.0 Å². The van der Waals surface area contributed by atoms with Gasteiger partial charge in [0.25, 0.3) is 0 Å². The number of nitrogens with one attached hydrogen (secondary N) is 1. The average Bonchev–Trinajstić information content (AvgIpc) is 3.09. The number of carbonyl (C=O) groups excluding carboxylic acids is 1. The molecule has 0 aliphatic rings. The molecule has 0 unspecified atom stereocenters. The lowest BCUT2D eigenvalue weighted by atomic mass is 10.2. The largest absolute Gasteiger partial charge is 0.440 e. The van der Waals surface area contributed by atoms with E-state index < -0.39 is 0 Å². The Labute approximate surface area is 132 Å². The molecule has 0 aromatic carbocycles. The number of aromatic nitrogens is 2. The van der Waals surface area contributed by atoms with E-state index in [1.54, 1.807) is 17.5 Å². The van der Waals surface area contributed by atoms with Gasteiger partial charge in [0.2, 0.25) is 11.8 Å². The zero-order chi connectivity index (χ0) is 15.5. The van der Waals surface area contributed by atoms with Crippen LogP contribution in [0.5, 0.6) is 0 Å². The van der Waals surface area contributed by atoms with Crippen molar-refractivity contribution in [2.24, 2.45) is 0 Å². The monoisotopic (exact) mass is 313 g/mol. The van der Waals surface area contributed by atoms with Crippen LogP contribution in [0.25, 0.3) is 10.8 Å². The second-order valence-electron chi connectivity index (χ2n) is 4.94. The number of aryl methyl sites for hydroxylation is 2. The molecule has 3 aromatic heterocycles. The first-order valence-electron chi connectivity index (χ1n) is 6.84. The van der Waals surface area contributed by atoms with Crippen LogP contribution in [0.15, 0.2) is 40.3 Å². The third-order valence-electron chi connectivity index (χ3n) is 3.14. The number of hydrogen-bond donors (Lipinski definition) is 1. The van der Waals surface area contributed by atoms with Gasteiger partial charge in [-0.3, -0.25) is 4.79 Å². The predicted molar refractivity (Wildman–Crippen MR) is 85.9 cm³/mol. The molecule has 3 heterocycles. The van der Waals surface area contributed by atoms with Crippen molar-refractivity contribution in [3.8, 4) is 10.8 Å². The molecule has 0 spiro atoms. The molecule has 6 heteroatoms. The van der Waals surface area contributed by atoms with Crippen molar-refractivity contribution in [1.82, 2.24) is 9.97 Å². The van der Waals surface area contributed by atoms with Crippen LogP contribution in [0, 0.1) is 13.8 Å². The number of thiophene rings is 1. The second kappa shape index (κ2) is 6.11. The van der Waals surface area contributed by atoms with E-state index in [1.807, 2.05) is 43.5 Å². The summed E-state index contributed by atoms with van der Waals surface area (Å²) in [5, 5.41) is 4.74. The number of anilines is 1. The summed E-state index contributed by atoms with van der Waals surface area (Å²) >= 11 is 1.55. The van der Waals surface area contributed by atoms with Crippen molar-refractivity contribution in [2.45, 2.75) is 20.3 Å². The van der Waals surface area contributed by atoms with E-state index in [4.69, 9.17) is 4.42 Å². The Balaban J connectivity index is 1.72. The lowest BCUT2D eigenvalue weighted by molar-refractivity contribution is -0.115. The zero-order valence-electron chi connectivity index (χ0n) is 12.3. The zero-order valence-corrected chi connectivity index (χ0v) is 13.1. The lowest BCUT2D eigenvalue weighted by Crippen LogP contribution is -2.16. The van der Waals surface area contributed by atoms with Crippen molar-refractivity contribution in [3.63, 3.8) is 0 Å². The van der Waals surface area contributed by atoms with Gasteiger partial charge < -0.3 is 9.73 Å². The smallest absolute Gasteiger partial charge is 0.236 e. The molecule has 0 aliphatic carbocycles. The molecule has 3 rings (SSSR count). The Morgan fingerprint density at radius 2 is 2.23 bits per heavy atom. The molecule has 22 heavy (non-hydrogen) atoms. The van der Waals surface area contributed by atoms with Crippen LogP contribution in [-0.4, -0.2) is 15.9 Å². The van der Waals surface area contributed by atoms with E-state index in [-0.39, 0.29) is 12.3 Å². The molecule has 0 radical (unpaired) electrons. The van der Waals surface area contributed by atoms with E-state index in [1.165, 1.54) is 0 Å². The molecular formula is C16H15N3O2S. The molecule has 1 amide bonds. The number of pyridine rings is 1. The molecule has 0 saturated carbocycles. The number of hydrogen-bond acceptors (Lipinski definition) is 5. The molecule has 0 bridgehead atoms. The van der Waals surface area contributed by atoms with Gasteiger partial charge in [0, 0.05) is 6.20 Å². The number of oxazole rings is 1. The first-order chi connectivity index (χ1) is 10.6. The normalized spacial score (nSPS) is 10.6. The van der Waals surface area contributed by atoms with Gasteiger partial charge in [-0.2, -0.15) is 0 Å². The van der Waals surface area contributed by atoms with Crippen LogP contribution in [0.2, 0.25) is 0 Å².